The molecule has 2 fully saturated rings. The van der Waals surface area contributed by atoms with Gasteiger partial charge in [0.15, 0.2) is 0 Å². The lowest BCUT2D eigenvalue weighted by atomic mass is 10.1. The molecule has 0 aliphatic carbocycles. The molecule has 1 atom stereocenters. The van der Waals surface area contributed by atoms with Crippen molar-refractivity contribution in [1.29, 1.82) is 0 Å². The zero-order chi connectivity index (χ0) is 39.5. The molecule has 0 saturated carbocycles. The third kappa shape index (κ3) is 15.1. The van der Waals surface area contributed by atoms with Crippen molar-refractivity contribution < 1.29 is 52.3 Å². The number of imide groups is 1. The van der Waals surface area contributed by atoms with Gasteiger partial charge in [-0.3, -0.25) is 24.5 Å². The lowest BCUT2D eigenvalue weighted by molar-refractivity contribution is -0.136. The largest absolute Gasteiger partial charge is 0.444 e. The third-order valence-corrected chi connectivity index (χ3v) is 8.51. The number of carbonyl (C=O) groups excluding carboxylic acids is 4. The summed E-state index contributed by atoms with van der Waals surface area (Å²) < 4.78 is 39.8. The van der Waals surface area contributed by atoms with Crippen molar-refractivity contribution in [1.82, 2.24) is 24.9 Å². The molecule has 0 radical (unpaired) electrons. The topological polar surface area (TPSA) is 198 Å². The number of amides is 4. The number of nitrogens with one attached hydrogen (secondary N) is 2. The van der Waals surface area contributed by atoms with Crippen LogP contribution in [0.4, 0.5) is 10.5 Å². The van der Waals surface area contributed by atoms with Crippen LogP contribution >= 0.6 is 0 Å². The number of benzene rings is 1. The number of nitrogens with zero attached hydrogens (tertiary/aromatic N) is 4. The summed E-state index contributed by atoms with van der Waals surface area (Å²) in [6, 6.07) is 4.55. The number of piperidine rings is 1. The SMILES string of the molecule is CC(C)(C)OC(=O)N1CCN(C(=O)CCOCCOCCOCCOCCOCCOCCNc2cccc3cnn(C4CCC(=O)NC4=O)c(=O)c23)CC1. The molecule has 1 aromatic carbocycles. The van der Waals surface area contributed by atoms with E-state index in [1.165, 1.54) is 0 Å². The molecule has 2 saturated heterocycles. The zero-order valence-electron chi connectivity index (χ0n) is 32.2. The van der Waals surface area contributed by atoms with Crippen molar-refractivity contribution in [2.24, 2.45) is 0 Å². The number of fused-ring (bicyclic) bond motifs is 1. The first-order valence-electron chi connectivity index (χ1n) is 18.8. The molecule has 306 valence electrons. The monoisotopic (exact) mass is 776 g/mol. The highest BCUT2D eigenvalue weighted by Gasteiger charge is 2.30. The molecular weight excluding hydrogens is 720 g/mol. The van der Waals surface area contributed by atoms with Gasteiger partial charge in [-0.2, -0.15) is 5.10 Å². The van der Waals surface area contributed by atoms with Gasteiger partial charge in [0.05, 0.1) is 97.3 Å². The minimum absolute atomic E-state index is 0.00513. The predicted octanol–water partition coefficient (Wildman–Crippen LogP) is 1.36. The molecule has 55 heavy (non-hydrogen) atoms. The maximum absolute atomic E-state index is 13.3. The Balaban J connectivity index is 0.910. The summed E-state index contributed by atoms with van der Waals surface area (Å²) in [6.45, 7) is 12.7. The van der Waals surface area contributed by atoms with Crippen molar-refractivity contribution >= 4 is 40.3 Å². The van der Waals surface area contributed by atoms with Gasteiger partial charge in [0.25, 0.3) is 11.5 Å². The molecule has 0 bridgehead atoms. The van der Waals surface area contributed by atoms with Crippen LogP contribution in [0.3, 0.4) is 0 Å². The molecule has 3 heterocycles. The second kappa shape index (κ2) is 23.0. The first-order chi connectivity index (χ1) is 26.5. The summed E-state index contributed by atoms with van der Waals surface area (Å²) in [4.78, 5) is 65.1. The van der Waals surface area contributed by atoms with E-state index < -0.39 is 23.1 Å². The van der Waals surface area contributed by atoms with Crippen LogP contribution in [0.15, 0.2) is 29.2 Å². The molecule has 2 aromatic rings. The van der Waals surface area contributed by atoms with Gasteiger partial charge in [0, 0.05) is 50.2 Å². The van der Waals surface area contributed by atoms with E-state index in [-0.39, 0.29) is 37.2 Å². The maximum Gasteiger partial charge on any atom is 0.410 e. The van der Waals surface area contributed by atoms with Crippen LogP contribution in [0, 0.1) is 0 Å². The minimum Gasteiger partial charge on any atom is -0.444 e. The van der Waals surface area contributed by atoms with Gasteiger partial charge in [0.1, 0.15) is 11.6 Å². The Morgan fingerprint density at radius 1 is 0.782 bits per heavy atom. The molecule has 4 amide bonds. The number of piperazine rings is 1. The van der Waals surface area contributed by atoms with E-state index >= 15 is 0 Å². The standard InChI is InChI=1S/C37H56N6O12/c1-37(2,3)55-36(48)42-13-11-41(12-14-42)32(45)9-15-49-17-19-51-21-23-53-25-26-54-24-22-52-20-18-50-16-10-38-29-6-4-5-28-27-39-43(35(47)33(28)29)30-7-8-31(44)40-34(30)46/h4-6,27,30,38H,7-26H2,1-3H3,(H,40,44,46). The average molecular weight is 777 g/mol. The molecule has 2 N–H and O–H groups in total. The van der Waals surface area contributed by atoms with Gasteiger partial charge in [-0.1, -0.05) is 12.1 Å². The number of ether oxygens (including phenoxy) is 7. The number of rotatable bonds is 23. The maximum atomic E-state index is 13.3. The molecule has 18 heteroatoms. The molecule has 4 rings (SSSR count). The van der Waals surface area contributed by atoms with Crippen molar-refractivity contribution in [3.05, 3.63) is 34.7 Å². The normalized spacial score (nSPS) is 16.4. The Bertz CT molecular complexity index is 1590. The first-order valence-corrected chi connectivity index (χ1v) is 18.8. The smallest absolute Gasteiger partial charge is 0.410 e. The third-order valence-electron chi connectivity index (χ3n) is 8.51. The van der Waals surface area contributed by atoms with Crippen molar-refractivity contribution in [3.8, 4) is 0 Å². The Hall–Kier alpha value is -4.20. The summed E-state index contributed by atoms with van der Waals surface area (Å²) >= 11 is 0. The van der Waals surface area contributed by atoms with E-state index in [1.54, 1.807) is 28.1 Å². The van der Waals surface area contributed by atoms with Crippen LogP contribution in [-0.4, -0.2) is 161 Å². The molecule has 2 aliphatic heterocycles. The van der Waals surface area contributed by atoms with Crippen LogP contribution < -0.4 is 16.2 Å². The first kappa shape index (κ1) is 43.5. The fourth-order valence-electron chi connectivity index (χ4n) is 5.73. The van der Waals surface area contributed by atoms with Crippen LogP contribution in [0.5, 0.6) is 0 Å². The van der Waals surface area contributed by atoms with Crippen LogP contribution in [0.2, 0.25) is 0 Å². The zero-order valence-corrected chi connectivity index (χ0v) is 32.2. The summed E-state index contributed by atoms with van der Waals surface area (Å²) in [5.74, 6) is -0.878. The Morgan fingerprint density at radius 2 is 1.33 bits per heavy atom. The fraction of sp³-hybridized carbons (Fsp3) is 0.676. The van der Waals surface area contributed by atoms with E-state index in [1.807, 2.05) is 26.8 Å². The van der Waals surface area contributed by atoms with Gasteiger partial charge < -0.3 is 48.3 Å². The number of hydrogen-bond donors (Lipinski definition) is 2. The lowest BCUT2D eigenvalue weighted by Crippen LogP contribution is -2.51. The summed E-state index contributed by atoms with van der Waals surface area (Å²) in [5.41, 5.74) is -0.339. The van der Waals surface area contributed by atoms with Crippen molar-refractivity contribution in [2.45, 2.75) is 51.7 Å². The molecule has 2 aliphatic rings. The fourth-order valence-corrected chi connectivity index (χ4v) is 5.73. The summed E-state index contributed by atoms with van der Waals surface area (Å²) in [6.07, 6.45) is 1.85. The van der Waals surface area contributed by atoms with Crippen LogP contribution in [0.1, 0.15) is 46.1 Å². The number of carbonyl (C=O) groups is 4. The second-order valence-electron chi connectivity index (χ2n) is 13.8. The second-order valence-corrected chi connectivity index (χ2v) is 13.8. The van der Waals surface area contributed by atoms with E-state index in [0.29, 0.717) is 128 Å². The highest BCUT2D eigenvalue weighted by molar-refractivity contribution is 5.99. The Kier molecular flexibility index (Phi) is 18.2. The number of anilines is 1. The lowest BCUT2D eigenvalue weighted by Gasteiger charge is -2.35. The van der Waals surface area contributed by atoms with Gasteiger partial charge in [-0.25, -0.2) is 9.48 Å². The summed E-state index contributed by atoms with van der Waals surface area (Å²) in [5, 5.41) is 10.7. The number of hydrogen-bond acceptors (Lipinski definition) is 14. The highest BCUT2D eigenvalue weighted by Crippen LogP contribution is 2.22. The van der Waals surface area contributed by atoms with Crippen LogP contribution in [0.25, 0.3) is 10.8 Å². The van der Waals surface area contributed by atoms with Gasteiger partial charge in [-0.05, 0) is 33.3 Å². The van der Waals surface area contributed by atoms with Gasteiger partial charge in [-0.15, -0.1) is 0 Å². The quantitative estimate of drug-likeness (QED) is 0.121. The Morgan fingerprint density at radius 3 is 1.89 bits per heavy atom. The van der Waals surface area contributed by atoms with E-state index in [9.17, 15) is 24.0 Å². The van der Waals surface area contributed by atoms with E-state index in [4.69, 9.17) is 33.2 Å². The minimum atomic E-state index is -0.832. The molecular formula is C37H56N6O12. The predicted molar refractivity (Wildman–Crippen MR) is 200 cm³/mol. The van der Waals surface area contributed by atoms with Gasteiger partial charge >= 0.3 is 6.09 Å². The molecule has 1 unspecified atom stereocenters. The molecule has 1 aromatic heterocycles. The molecule has 0 spiro atoms. The Labute approximate surface area is 321 Å². The number of aromatic nitrogens is 2. The molecule has 18 nitrogen and oxygen atoms in total. The average Bonchev–Trinajstić information content (AvgIpc) is 3.15. The van der Waals surface area contributed by atoms with E-state index in [0.717, 1.165) is 4.68 Å². The van der Waals surface area contributed by atoms with Crippen LogP contribution in [-0.2, 0) is 47.5 Å². The van der Waals surface area contributed by atoms with E-state index in [2.05, 4.69) is 15.7 Å². The van der Waals surface area contributed by atoms with Crippen molar-refractivity contribution in [3.63, 3.8) is 0 Å². The van der Waals surface area contributed by atoms with Crippen molar-refractivity contribution in [2.75, 3.05) is 117 Å². The highest BCUT2D eigenvalue weighted by atomic mass is 16.6. The summed E-state index contributed by atoms with van der Waals surface area (Å²) in [7, 11) is 0. The van der Waals surface area contributed by atoms with Gasteiger partial charge in [0.2, 0.25) is 11.8 Å².